The molecule has 0 bridgehead atoms. The van der Waals surface area contributed by atoms with Gasteiger partial charge in [0.15, 0.2) is 0 Å². The number of anilines is 1. The van der Waals surface area contributed by atoms with Crippen LogP contribution >= 0.6 is 15.9 Å². The van der Waals surface area contributed by atoms with E-state index in [1.807, 2.05) is 36.4 Å². The highest BCUT2D eigenvalue weighted by Crippen LogP contribution is 2.50. The van der Waals surface area contributed by atoms with Gasteiger partial charge in [0.05, 0.1) is 0 Å². The lowest BCUT2D eigenvalue weighted by atomic mass is 9.81. The third kappa shape index (κ3) is 8.01. The summed E-state index contributed by atoms with van der Waals surface area (Å²) in [5.41, 5.74) is 29.0. The summed E-state index contributed by atoms with van der Waals surface area (Å²) in [6.07, 6.45) is 0.925. The molecule has 0 amide bonds. The van der Waals surface area contributed by atoms with Gasteiger partial charge in [-0.3, -0.25) is 0 Å². The molecule has 2 aliphatic carbocycles. The zero-order chi connectivity index (χ0) is 48.4. The number of halogens is 1. The molecule has 2 heterocycles. The predicted octanol–water partition coefficient (Wildman–Crippen LogP) is 19.4. The Bertz CT molecular complexity index is 3980. The molecular weight excluding hydrogens is 943 g/mol. The van der Waals surface area contributed by atoms with Crippen molar-refractivity contribution in [1.29, 1.82) is 0 Å². The van der Waals surface area contributed by atoms with Crippen molar-refractivity contribution in [1.82, 2.24) is 0 Å². The molecule has 0 spiro atoms. The second-order valence-electron chi connectivity index (χ2n) is 20.0. The summed E-state index contributed by atoms with van der Waals surface area (Å²) < 4.78 is 13.4. The molecule has 0 atom stereocenters. The molecule has 10 aromatic carbocycles. The average molecular weight is 999 g/mol. The van der Waals surface area contributed by atoms with Crippen LogP contribution in [0.15, 0.2) is 232 Å². The third-order valence-electron chi connectivity index (χ3n) is 14.9. The van der Waals surface area contributed by atoms with Gasteiger partial charge in [-0.2, -0.15) is 0 Å². The van der Waals surface area contributed by atoms with E-state index >= 15 is 0 Å². The van der Waals surface area contributed by atoms with Crippen molar-refractivity contribution >= 4 is 65.5 Å². The quantitative estimate of drug-likeness (QED) is 0.179. The van der Waals surface area contributed by atoms with Crippen LogP contribution in [0.4, 0.5) is 5.69 Å². The maximum absolute atomic E-state index is 6.25. The first-order valence-corrected chi connectivity index (χ1v) is 25.2. The van der Waals surface area contributed by atoms with E-state index in [4.69, 9.17) is 14.6 Å². The monoisotopic (exact) mass is 997 g/mol. The number of fused-ring (bicyclic) bond motifs is 12. The smallest absolute Gasteiger partial charge is 0.143 e. The van der Waals surface area contributed by atoms with Crippen molar-refractivity contribution in [3.05, 3.63) is 256 Å². The van der Waals surface area contributed by atoms with E-state index in [-0.39, 0.29) is 18.3 Å². The van der Waals surface area contributed by atoms with E-state index < -0.39 is 0 Å². The van der Waals surface area contributed by atoms with Crippen LogP contribution in [0.25, 0.3) is 88.4 Å². The minimum absolute atomic E-state index is 0. The summed E-state index contributed by atoms with van der Waals surface area (Å²) in [6.45, 7) is 9.21. The van der Waals surface area contributed by atoms with Crippen LogP contribution in [-0.4, -0.2) is 0 Å². The molecule has 0 unspecified atom stereocenters. The number of hydrogen-bond donors (Lipinski definition) is 1. The molecule has 72 heavy (non-hydrogen) atoms. The molecule has 2 N–H and O–H groups in total. The lowest BCUT2D eigenvalue weighted by Gasteiger charge is -2.22. The average Bonchev–Trinajstić information content (AvgIpc) is 4.10. The fraction of sp³-hybridized carbons (Fsp3) is 0.118. The summed E-state index contributed by atoms with van der Waals surface area (Å²) in [4.78, 5) is 0. The Balaban J connectivity index is 0.000000128. The Labute approximate surface area is 430 Å². The standard InChI is InChI=1S/C34H26O.C18H11BrO.C15H15N.CH4/c1-34(2)30-12-5-3-8-26(30)27-19-16-23(21-31(27)34)20-22-14-17-24(18-15-22)25-10-7-11-29-28-9-4-6-13-32(28)35-33(25)29;19-13-10-8-12(9-11-13)14-5-3-6-16-15-4-1-2-7-17(15)20-18(14)16;1-15(2)13-6-4-3-5-11(13)12-8-7-10(16)9-14(12)15;/h3-19,21H,20H2,1-2H3;1-11H;3-9H,16H2,1-2H3;1H4. The molecule has 0 radical (unpaired) electrons. The van der Waals surface area contributed by atoms with Gasteiger partial charge >= 0.3 is 0 Å². The first-order chi connectivity index (χ1) is 34.5. The number of rotatable bonds is 4. The fourth-order valence-corrected chi connectivity index (χ4v) is 11.5. The minimum Gasteiger partial charge on any atom is -0.455 e. The molecule has 14 rings (SSSR count). The van der Waals surface area contributed by atoms with Gasteiger partial charge in [0, 0.05) is 53.7 Å². The Hall–Kier alpha value is -7.92. The SMILES string of the molecule is Brc1ccc(-c2cccc3c2oc2ccccc23)cc1.C.CC1(C)c2ccccc2-c2ccc(Cc3ccc(-c4cccc5c4oc4ccccc45)cc3)cc21.CC1(C)c2ccccc2-c2ccc(N)cc21. The van der Waals surface area contributed by atoms with E-state index in [1.165, 1.54) is 82.7 Å². The fourth-order valence-electron chi connectivity index (χ4n) is 11.2. The van der Waals surface area contributed by atoms with Gasteiger partial charge in [0.2, 0.25) is 0 Å². The number of hydrogen-bond acceptors (Lipinski definition) is 3. The topological polar surface area (TPSA) is 52.3 Å². The minimum atomic E-state index is 0. The van der Waals surface area contributed by atoms with E-state index in [0.29, 0.717) is 0 Å². The van der Waals surface area contributed by atoms with Crippen molar-refractivity contribution in [2.45, 2.75) is 52.4 Å². The van der Waals surface area contributed by atoms with Crippen molar-refractivity contribution in [2.75, 3.05) is 5.73 Å². The molecule has 4 heteroatoms. The first kappa shape index (κ1) is 46.5. The molecule has 12 aromatic rings. The van der Waals surface area contributed by atoms with Gasteiger partial charge in [-0.25, -0.2) is 0 Å². The molecule has 0 saturated carbocycles. The maximum Gasteiger partial charge on any atom is 0.143 e. The lowest BCUT2D eigenvalue weighted by molar-refractivity contribution is 0.659. The van der Waals surface area contributed by atoms with Crippen LogP contribution in [0.1, 0.15) is 68.5 Å². The van der Waals surface area contributed by atoms with Crippen LogP contribution in [0.5, 0.6) is 0 Å². The van der Waals surface area contributed by atoms with Crippen molar-refractivity contribution in [3.8, 4) is 44.5 Å². The summed E-state index contributed by atoms with van der Waals surface area (Å²) in [7, 11) is 0. The molecule has 0 aliphatic heterocycles. The third-order valence-corrected chi connectivity index (χ3v) is 15.4. The Morgan fingerprint density at radius 1 is 0.375 bits per heavy atom. The zero-order valence-electron chi connectivity index (χ0n) is 40.3. The largest absolute Gasteiger partial charge is 0.455 e. The van der Waals surface area contributed by atoms with Gasteiger partial charge in [-0.1, -0.05) is 233 Å². The number of benzene rings is 10. The van der Waals surface area contributed by atoms with Crippen molar-refractivity contribution in [3.63, 3.8) is 0 Å². The highest BCUT2D eigenvalue weighted by atomic mass is 79.9. The Morgan fingerprint density at radius 2 is 0.778 bits per heavy atom. The van der Waals surface area contributed by atoms with E-state index in [2.05, 4.69) is 226 Å². The van der Waals surface area contributed by atoms with Crippen LogP contribution in [0.3, 0.4) is 0 Å². The summed E-state index contributed by atoms with van der Waals surface area (Å²) >= 11 is 3.47. The normalized spacial score (nSPS) is 13.3. The molecule has 352 valence electrons. The molecule has 2 aromatic heterocycles. The number of furan rings is 2. The van der Waals surface area contributed by atoms with Crippen LogP contribution in [0, 0.1) is 0 Å². The van der Waals surface area contributed by atoms with Crippen LogP contribution in [0.2, 0.25) is 0 Å². The van der Waals surface area contributed by atoms with Gasteiger partial charge < -0.3 is 14.6 Å². The van der Waals surface area contributed by atoms with Crippen LogP contribution < -0.4 is 5.73 Å². The summed E-state index contributed by atoms with van der Waals surface area (Å²) in [5.74, 6) is 0. The summed E-state index contributed by atoms with van der Waals surface area (Å²) in [5, 5.41) is 4.68. The van der Waals surface area contributed by atoms with E-state index in [0.717, 1.165) is 55.6 Å². The predicted molar refractivity (Wildman–Crippen MR) is 308 cm³/mol. The Morgan fingerprint density at radius 3 is 1.32 bits per heavy atom. The highest BCUT2D eigenvalue weighted by molar-refractivity contribution is 9.10. The number of nitrogens with two attached hydrogens (primary N) is 1. The highest BCUT2D eigenvalue weighted by Gasteiger charge is 2.36. The Kier molecular flexibility index (Phi) is 11.8. The second kappa shape index (κ2) is 18.4. The van der Waals surface area contributed by atoms with Crippen molar-refractivity contribution < 1.29 is 8.83 Å². The van der Waals surface area contributed by atoms with E-state index in [9.17, 15) is 0 Å². The van der Waals surface area contributed by atoms with Gasteiger partial charge in [-0.05, 0) is 110 Å². The van der Waals surface area contributed by atoms with Crippen LogP contribution in [-0.2, 0) is 17.3 Å². The zero-order valence-corrected chi connectivity index (χ0v) is 41.8. The molecule has 0 fully saturated rings. The molecule has 0 saturated heterocycles. The van der Waals surface area contributed by atoms with Gasteiger partial charge in [-0.15, -0.1) is 0 Å². The molecule has 3 nitrogen and oxygen atoms in total. The first-order valence-electron chi connectivity index (χ1n) is 24.4. The molecular formula is C68H56BrNO2. The van der Waals surface area contributed by atoms with E-state index in [1.54, 1.807) is 0 Å². The molecule has 2 aliphatic rings. The van der Waals surface area contributed by atoms with Crippen molar-refractivity contribution in [2.24, 2.45) is 0 Å². The lowest BCUT2D eigenvalue weighted by Crippen LogP contribution is -2.15. The summed E-state index contributed by atoms with van der Waals surface area (Å²) in [6, 6.07) is 77.1. The van der Waals surface area contributed by atoms with Gasteiger partial charge in [0.25, 0.3) is 0 Å². The second-order valence-corrected chi connectivity index (χ2v) is 20.9. The maximum atomic E-state index is 6.25. The van der Waals surface area contributed by atoms with Gasteiger partial charge in [0.1, 0.15) is 22.3 Å². The number of para-hydroxylation sites is 4. The number of nitrogen functional groups attached to an aromatic ring is 1.